The maximum absolute atomic E-state index is 11.5. The van der Waals surface area contributed by atoms with Crippen LogP contribution in [0.5, 0.6) is 0 Å². The number of esters is 2. The number of carbonyl (C=O) groups excluding carboxylic acids is 2. The first-order valence-corrected chi connectivity index (χ1v) is 9.06. The summed E-state index contributed by atoms with van der Waals surface area (Å²) in [5, 5.41) is 8.67. The van der Waals surface area contributed by atoms with Crippen LogP contribution in [0, 0.1) is 5.92 Å². The lowest BCUT2D eigenvalue weighted by Gasteiger charge is -2.09. The predicted octanol–water partition coefficient (Wildman–Crippen LogP) is 4.20. The number of unbranched alkanes of at least 4 members (excludes halogenated alkanes) is 1. The molecule has 0 aliphatic rings. The second kappa shape index (κ2) is 15.6. The Bertz CT molecular complexity index is 731. The number of hydrogen-bond acceptors (Lipinski definition) is 5. The number of carboxylic acid groups (broad SMARTS) is 1. The van der Waals surface area contributed by atoms with Crippen molar-refractivity contribution in [1.29, 1.82) is 0 Å². The minimum atomic E-state index is -1.08. The molecule has 0 amide bonds. The van der Waals surface area contributed by atoms with Crippen LogP contribution in [-0.2, 0) is 23.9 Å². The smallest absolute Gasteiger partial charge is 0.334 e. The Morgan fingerprint density at radius 1 is 1.17 bits per heavy atom. The maximum atomic E-state index is 11.5. The second-order valence-corrected chi connectivity index (χ2v) is 5.73. The molecule has 0 fully saturated rings. The molecule has 6 nitrogen and oxygen atoms in total. The Morgan fingerprint density at radius 2 is 1.83 bits per heavy atom. The molecule has 0 saturated carbocycles. The molecule has 1 N–H and O–H groups in total. The molecule has 29 heavy (non-hydrogen) atoms. The van der Waals surface area contributed by atoms with E-state index in [1.165, 1.54) is 19.3 Å². The van der Waals surface area contributed by atoms with Gasteiger partial charge >= 0.3 is 17.9 Å². The van der Waals surface area contributed by atoms with E-state index in [0.717, 1.165) is 24.5 Å². The van der Waals surface area contributed by atoms with Gasteiger partial charge < -0.3 is 14.6 Å². The van der Waals surface area contributed by atoms with E-state index < -0.39 is 17.9 Å². The van der Waals surface area contributed by atoms with Crippen LogP contribution in [0.15, 0.2) is 73.4 Å². The summed E-state index contributed by atoms with van der Waals surface area (Å²) in [5.41, 5.74) is 1.12. The monoisotopic (exact) mass is 400 g/mol. The van der Waals surface area contributed by atoms with Crippen molar-refractivity contribution in [1.82, 2.24) is 0 Å². The van der Waals surface area contributed by atoms with Gasteiger partial charge in [-0.1, -0.05) is 75.1 Å². The van der Waals surface area contributed by atoms with Crippen molar-refractivity contribution in [3.63, 3.8) is 0 Å². The van der Waals surface area contributed by atoms with Crippen LogP contribution in [0.2, 0.25) is 0 Å². The Hall–Kier alpha value is -3.41. The molecule has 1 aromatic carbocycles. The summed E-state index contributed by atoms with van der Waals surface area (Å²) >= 11 is 0. The molecule has 1 atom stereocenters. The van der Waals surface area contributed by atoms with Gasteiger partial charge in [-0.3, -0.25) is 0 Å². The summed E-state index contributed by atoms with van der Waals surface area (Å²) in [6.45, 7) is 9.47. The lowest BCUT2D eigenvalue weighted by molar-refractivity contribution is -0.138. The van der Waals surface area contributed by atoms with Crippen LogP contribution in [0.3, 0.4) is 0 Å². The van der Waals surface area contributed by atoms with Crippen molar-refractivity contribution < 1.29 is 29.0 Å². The number of ether oxygens (including phenoxy) is 2. The Kier molecular flexibility index (Phi) is 13.8. The summed E-state index contributed by atoms with van der Waals surface area (Å²) in [6.07, 6.45) is 9.02. The normalized spacial score (nSPS) is 11.2. The zero-order valence-electron chi connectivity index (χ0n) is 16.9. The Labute approximate surface area is 171 Å². The Morgan fingerprint density at radius 3 is 2.34 bits per heavy atom. The van der Waals surface area contributed by atoms with Gasteiger partial charge in [0.2, 0.25) is 0 Å². The highest BCUT2D eigenvalue weighted by Crippen LogP contribution is 2.16. The molecule has 1 rings (SSSR count). The molecule has 0 heterocycles. The van der Waals surface area contributed by atoms with Crippen molar-refractivity contribution in [3.05, 3.63) is 78.9 Å². The third-order valence-electron chi connectivity index (χ3n) is 3.50. The van der Waals surface area contributed by atoms with E-state index in [1.807, 2.05) is 37.3 Å². The number of carboxylic acids is 1. The number of carbonyl (C=O) groups is 3. The number of methoxy groups -OCH3 is 1. The van der Waals surface area contributed by atoms with E-state index in [9.17, 15) is 14.4 Å². The molecule has 0 radical (unpaired) electrons. The number of allylic oxidation sites excluding steroid dienone is 2. The van der Waals surface area contributed by atoms with Gasteiger partial charge in [0, 0.05) is 23.6 Å². The highest BCUT2D eigenvalue weighted by atomic mass is 16.5. The summed E-state index contributed by atoms with van der Waals surface area (Å²) in [7, 11) is 1.26. The molecule has 0 bridgehead atoms. The predicted molar refractivity (Wildman–Crippen MR) is 113 cm³/mol. The van der Waals surface area contributed by atoms with Gasteiger partial charge in [0.05, 0.1) is 13.7 Å². The molecular formula is C23H28O6. The van der Waals surface area contributed by atoms with E-state index in [0.29, 0.717) is 6.61 Å². The molecule has 0 aliphatic carbocycles. The maximum Gasteiger partial charge on any atom is 0.334 e. The number of rotatable bonds is 10. The molecule has 0 saturated heterocycles. The standard InChI is InChI=1S/C16H16O4.C7H12O2/c1-12(16(19)20-2)14(10-11-15(17)18)9-8-13-6-4-3-5-7-13;1-3-5-6-9-7(8)4-2/h3-11,14H,1H2,2H3,(H,17,18);4H,2-3,5-6H2,1H3. The van der Waals surface area contributed by atoms with Crippen LogP contribution < -0.4 is 0 Å². The van der Waals surface area contributed by atoms with Gasteiger partial charge in [0.1, 0.15) is 0 Å². The van der Waals surface area contributed by atoms with Crippen LogP contribution in [0.25, 0.3) is 6.08 Å². The number of aliphatic carboxylic acids is 1. The minimum Gasteiger partial charge on any atom is -0.478 e. The zero-order valence-corrected chi connectivity index (χ0v) is 16.9. The number of hydrogen-bond donors (Lipinski definition) is 1. The van der Waals surface area contributed by atoms with E-state index in [-0.39, 0.29) is 11.5 Å². The summed E-state index contributed by atoms with van der Waals surface area (Å²) in [4.78, 5) is 32.4. The van der Waals surface area contributed by atoms with Crippen molar-refractivity contribution in [2.24, 2.45) is 5.92 Å². The fourth-order valence-electron chi connectivity index (χ4n) is 1.90. The van der Waals surface area contributed by atoms with Gasteiger partial charge in [-0.25, -0.2) is 14.4 Å². The highest BCUT2D eigenvalue weighted by molar-refractivity contribution is 5.89. The van der Waals surface area contributed by atoms with E-state index in [1.54, 1.807) is 12.2 Å². The van der Waals surface area contributed by atoms with E-state index in [4.69, 9.17) is 5.11 Å². The van der Waals surface area contributed by atoms with Crippen LogP contribution in [0.4, 0.5) is 0 Å². The van der Waals surface area contributed by atoms with E-state index in [2.05, 4.69) is 22.6 Å². The van der Waals surface area contributed by atoms with Crippen molar-refractivity contribution in [3.8, 4) is 0 Å². The molecule has 6 heteroatoms. The second-order valence-electron chi connectivity index (χ2n) is 5.73. The summed E-state index contributed by atoms with van der Waals surface area (Å²) in [5.74, 6) is -2.51. The van der Waals surface area contributed by atoms with Crippen LogP contribution in [0.1, 0.15) is 25.3 Å². The quantitative estimate of drug-likeness (QED) is 0.360. The van der Waals surface area contributed by atoms with Gasteiger partial charge in [0.15, 0.2) is 0 Å². The van der Waals surface area contributed by atoms with Gasteiger partial charge in [0.25, 0.3) is 0 Å². The molecule has 0 spiro atoms. The number of benzene rings is 1. The van der Waals surface area contributed by atoms with Gasteiger partial charge in [-0.2, -0.15) is 0 Å². The fraction of sp³-hybridized carbons (Fsp3) is 0.261. The average Bonchev–Trinajstić information content (AvgIpc) is 2.73. The third-order valence-corrected chi connectivity index (χ3v) is 3.50. The third kappa shape index (κ3) is 12.6. The molecular weight excluding hydrogens is 372 g/mol. The lowest BCUT2D eigenvalue weighted by atomic mass is 9.98. The SMILES string of the molecule is C=C(C(=O)OC)C(C=CC(=O)O)C=Cc1ccccc1.C=CC(=O)OCCCC. The van der Waals surface area contributed by atoms with Gasteiger partial charge in [-0.05, 0) is 12.0 Å². The van der Waals surface area contributed by atoms with Crippen LogP contribution in [-0.4, -0.2) is 36.7 Å². The largest absolute Gasteiger partial charge is 0.478 e. The summed E-state index contributed by atoms with van der Waals surface area (Å²) in [6, 6.07) is 9.46. The molecule has 0 aromatic heterocycles. The highest BCUT2D eigenvalue weighted by Gasteiger charge is 2.14. The molecule has 0 aliphatic heterocycles. The first kappa shape index (κ1) is 25.6. The van der Waals surface area contributed by atoms with Crippen LogP contribution >= 0.6 is 0 Å². The van der Waals surface area contributed by atoms with Crippen molar-refractivity contribution in [2.45, 2.75) is 19.8 Å². The fourth-order valence-corrected chi connectivity index (χ4v) is 1.90. The molecule has 1 unspecified atom stereocenters. The van der Waals surface area contributed by atoms with E-state index >= 15 is 0 Å². The van der Waals surface area contributed by atoms with Gasteiger partial charge in [-0.15, -0.1) is 0 Å². The Balaban J connectivity index is 0.000000734. The molecule has 156 valence electrons. The van der Waals surface area contributed by atoms with Crippen molar-refractivity contribution >= 4 is 24.0 Å². The first-order chi connectivity index (χ1) is 13.8. The summed E-state index contributed by atoms with van der Waals surface area (Å²) < 4.78 is 9.27. The average molecular weight is 400 g/mol. The minimum absolute atomic E-state index is 0.178. The molecule has 1 aromatic rings. The van der Waals surface area contributed by atoms with Crippen molar-refractivity contribution in [2.75, 3.05) is 13.7 Å². The first-order valence-electron chi connectivity index (χ1n) is 9.06. The lowest BCUT2D eigenvalue weighted by Crippen LogP contribution is -2.10. The zero-order chi connectivity index (χ0) is 22.1. The topological polar surface area (TPSA) is 89.9 Å².